The second kappa shape index (κ2) is 2.42. The number of hydrogen-bond donors (Lipinski definition) is 0. The van der Waals surface area contributed by atoms with Gasteiger partial charge in [0.05, 0.1) is 6.33 Å². The summed E-state index contributed by atoms with van der Waals surface area (Å²) >= 11 is 0. The highest BCUT2D eigenvalue weighted by Crippen LogP contribution is 2.16. The van der Waals surface area contributed by atoms with E-state index in [1.165, 1.54) is 12.8 Å². The van der Waals surface area contributed by atoms with Crippen LogP contribution in [0, 0.1) is 0 Å². The molecule has 1 fully saturated rings. The van der Waals surface area contributed by atoms with Gasteiger partial charge >= 0.3 is 0 Å². The van der Waals surface area contributed by atoms with Crippen LogP contribution in [-0.2, 0) is 0 Å². The SMILES string of the molecule is c1cn(C2CCC[N]2)cn1. The molecule has 10 heavy (non-hydrogen) atoms. The van der Waals surface area contributed by atoms with Gasteiger partial charge in [-0.25, -0.2) is 10.3 Å². The van der Waals surface area contributed by atoms with Crippen LogP contribution in [-0.4, -0.2) is 16.1 Å². The molecule has 2 heterocycles. The maximum Gasteiger partial charge on any atom is 0.101 e. The largest absolute Gasteiger partial charge is 0.320 e. The highest BCUT2D eigenvalue weighted by atomic mass is 15.2. The van der Waals surface area contributed by atoms with E-state index >= 15 is 0 Å². The number of rotatable bonds is 1. The molecule has 1 aliphatic heterocycles. The molecule has 0 saturated carbocycles. The van der Waals surface area contributed by atoms with Gasteiger partial charge in [0, 0.05) is 18.9 Å². The van der Waals surface area contributed by atoms with Crippen molar-refractivity contribution in [3.8, 4) is 0 Å². The summed E-state index contributed by atoms with van der Waals surface area (Å²) in [6, 6.07) is 0. The first-order valence-corrected chi connectivity index (χ1v) is 3.61. The maximum atomic E-state index is 4.40. The van der Waals surface area contributed by atoms with Crippen molar-refractivity contribution < 1.29 is 0 Å². The minimum atomic E-state index is 0.377. The summed E-state index contributed by atoms with van der Waals surface area (Å²) in [7, 11) is 0. The molecular formula is C7H10N3. The fourth-order valence-corrected chi connectivity index (χ4v) is 1.29. The monoisotopic (exact) mass is 136 g/mol. The molecule has 0 N–H and O–H groups in total. The van der Waals surface area contributed by atoms with Gasteiger partial charge in [0.2, 0.25) is 0 Å². The Kier molecular flexibility index (Phi) is 1.43. The molecule has 0 aliphatic carbocycles. The fourth-order valence-electron chi connectivity index (χ4n) is 1.29. The summed E-state index contributed by atoms with van der Waals surface area (Å²) in [4.78, 5) is 3.97. The molecule has 1 atom stereocenters. The Bertz CT molecular complexity index is 187. The quantitative estimate of drug-likeness (QED) is 0.561. The third kappa shape index (κ3) is 0.926. The number of hydrogen-bond acceptors (Lipinski definition) is 1. The normalized spacial score (nSPS) is 25.4. The molecule has 1 aromatic rings. The molecule has 0 aromatic carbocycles. The Morgan fingerprint density at radius 3 is 3.10 bits per heavy atom. The Balaban J connectivity index is 2.12. The van der Waals surface area contributed by atoms with Crippen LogP contribution in [0.3, 0.4) is 0 Å². The predicted molar refractivity (Wildman–Crippen MR) is 37.5 cm³/mol. The molecule has 1 aromatic heterocycles. The molecule has 1 radical (unpaired) electrons. The van der Waals surface area contributed by atoms with Gasteiger partial charge in [-0.05, 0) is 12.8 Å². The lowest BCUT2D eigenvalue weighted by atomic mass is 10.3. The first kappa shape index (κ1) is 5.92. The van der Waals surface area contributed by atoms with Crippen molar-refractivity contribution in [3.63, 3.8) is 0 Å². The predicted octanol–water partition coefficient (Wildman–Crippen LogP) is 0.780. The van der Waals surface area contributed by atoms with Gasteiger partial charge in [-0.3, -0.25) is 0 Å². The van der Waals surface area contributed by atoms with E-state index in [4.69, 9.17) is 0 Å². The van der Waals surface area contributed by atoms with Crippen LogP contribution < -0.4 is 5.32 Å². The third-order valence-electron chi connectivity index (χ3n) is 1.83. The highest BCUT2D eigenvalue weighted by molar-refractivity contribution is 4.81. The summed E-state index contributed by atoms with van der Waals surface area (Å²) in [5.74, 6) is 0. The van der Waals surface area contributed by atoms with Crippen LogP contribution in [0.15, 0.2) is 18.7 Å². The first-order chi connectivity index (χ1) is 4.97. The van der Waals surface area contributed by atoms with E-state index in [-0.39, 0.29) is 0 Å². The molecule has 2 rings (SSSR count). The van der Waals surface area contributed by atoms with Crippen molar-refractivity contribution in [2.75, 3.05) is 6.54 Å². The van der Waals surface area contributed by atoms with Gasteiger partial charge in [0.15, 0.2) is 0 Å². The maximum absolute atomic E-state index is 4.40. The van der Waals surface area contributed by atoms with Gasteiger partial charge in [-0.2, -0.15) is 0 Å². The third-order valence-corrected chi connectivity index (χ3v) is 1.83. The Hall–Kier alpha value is -0.830. The zero-order valence-electron chi connectivity index (χ0n) is 5.77. The fraction of sp³-hybridized carbons (Fsp3) is 0.571. The van der Waals surface area contributed by atoms with Crippen LogP contribution in [0.1, 0.15) is 19.0 Å². The zero-order valence-corrected chi connectivity index (χ0v) is 5.77. The van der Waals surface area contributed by atoms with Gasteiger partial charge in [0.1, 0.15) is 6.17 Å². The minimum Gasteiger partial charge on any atom is -0.320 e. The summed E-state index contributed by atoms with van der Waals surface area (Å²) < 4.78 is 2.06. The van der Waals surface area contributed by atoms with Crippen LogP contribution in [0.25, 0.3) is 0 Å². The number of imidazole rings is 1. The van der Waals surface area contributed by atoms with Crippen LogP contribution in [0.5, 0.6) is 0 Å². The van der Waals surface area contributed by atoms with Gasteiger partial charge in [0.25, 0.3) is 0 Å². The molecule has 1 aliphatic rings. The molecule has 0 spiro atoms. The van der Waals surface area contributed by atoms with Crippen molar-refractivity contribution in [1.29, 1.82) is 0 Å². The molecule has 0 amide bonds. The second-order valence-electron chi connectivity index (χ2n) is 2.54. The molecule has 3 heteroatoms. The standard InChI is InChI=1S/C7H10N3/c1-2-7(9-3-1)10-5-4-8-6-10/h4-7H,1-3H2. The Morgan fingerprint density at radius 1 is 1.50 bits per heavy atom. The lowest BCUT2D eigenvalue weighted by Crippen LogP contribution is -2.11. The lowest BCUT2D eigenvalue weighted by molar-refractivity contribution is 0.461. The summed E-state index contributed by atoms with van der Waals surface area (Å²) in [6.45, 7) is 1.02. The van der Waals surface area contributed by atoms with Gasteiger partial charge in [-0.1, -0.05) is 0 Å². The van der Waals surface area contributed by atoms with E-state index in [9.17, 15) is 0 Å². The summed E-state index contributed by atoms with van der Waals surface area (Å²) in [6.07, 6.45) is 8.38. The van der Waals surface area contributed by atoms with Crippen LogP contribution >= 0.6 is 0 Å². The minimum absolute atomic E-state index is 0.377. The number of aromatic nitrogens is 2. The van der Waals surface area contributed by atoms with Crippen molar-refractivity contribution in [2.45, 2.75) is 19.0 Å². The molecular weight excluding hydrogens is 126 g/mol. The van der Waals surface area contributed by atoms with E-state index in [0.29, 0.717) is 6.17 Å². The van der Waals surface area contributed by atoms with E-state index < -0.39 is 0 Å². The zero-order chi connectivity index (χ0) is 6.81. The first-order valence-electron chi connectivity index (χ1n) is 3.61. The van der Waals surface area contributed by atoms with E-state index in [0.717, 1.165) is 6.54 Å². The lowest BCUT2D eigenvalue weighted by Gasteiger charge is -2.08. The van der Waals surface area contributed by atoms with Crippen molar-refractivity contribution in [1.82, 2.24) is 14.9 Å². The molecule has 1 saturated heterocycles. The van der Waals surface area contributed by atoms with Gasteiger partial charge in [-0.15, -0.1) is 0 Å². The molecule has 1 unspecified atom stereocenters. The molecule has 3 nitrogen and oxygen atoms in total. The van der Waals surface area contributed by atoms with Crippen LogP contribution in [0.4, 0.5) is 0 Å². The second-order valence-corrected chi connectivity index (χ2v) is 2.54. The smallest absolute Gasteiger partial charge is 0.101 e. The summed E-state index contributed by atoms with van der Waals surface area (Å²) in [5.41, 5.74) is 0. The average molecular weight is 136 g/mol. The summed E-state index contributed by atoms with van der Waals surface area (Å²) in [5, 5.41) is 4.40. The molecule has 53 valence electrons. The van der Waals surface area contributed by atoms with Crippen molar-refractivity contribution in [2.24, 2.45) is 0 Å². The topological polar surface area (TPSA) is 31.9 Å². The van der Waals surface area contributed by atoms with Crippen LogP contribution in [0.2, 0.25) is 0 Å². The van der Waals surface area contributed by atoms with E-state index in [1.54, 1.807) is 6.20 Å². The number of nitrogens with zero attached hydrogens (tertiary/aromatic N) is 3. The van der Waals surface area contributed by atoms with E-state index in [1.807, 2.05) is 12.5 Å². The van der Waals surface area contributed by atoms with E-state index in [2.05, 4.69) is 14.9 Å². The molecule has 0 bridgehead atoms. The Labute approximate surface area is 60.1 Å². The Morgan fingerprint density at radius 2 is 2.50 bits per heavy atom. The average Bonchev–Trinajstić information content (AvgIpc) is 2.59. The van der Waals surface area contributed by atoms with Crippen molar-refractivity contribution in [3.05, 3.63) is 18.7 Å². The van der Waals surface area contributed by atoms with Crippen molar-refractivity contribution >= 4 is 0 Å². The van der Waals surface area contributed by atoms with Gasteiger partial charge < -0.3 is 4.57 Å². The highest BCUT2D eigenvalue weighted by Gasteiger charge is 2.15.